The van der Waals surface area contributed by atoms with Gasteiger partial charge in [-0.3, -0.25) is 0 Å². The van der Waals surface area contributed by atoms with Gasteiger partial charge in [-0.15, -0.1) is 0 Å². The van der Waals surface area contributed by atoms with Crippen LogP contribution in [0.1, 0.15) is 46.1 Å². The van der Waals surface area contributed by atoms with Gasteiger partial charge in [0, 0.05) is 30.3 Å². The maximum Gasteiger partial charge on any atom is 0.0412 e. The normalized spacial score (nSPS) is 11.1. The van der Waals surface area contributed by atoms with Crippen molar-refractivity contribution in [2.45, 2.75) is 47.1 Å². The van der Waals surface area contributed by atoms with Crippen LogP contribution in [-0.2, 0) is 6.54 Å². The van der Waals surface area contributed by atoms with Crippen molar-refractivity contribution in [1.29, 1.82) is 0 Å². The molecule has 2 nitrogen and oxygen atoms in total. The summed E-state index contributed by atoms with van der Waals surface area (Å²) in [5, 5.41) is 4.23. The SMILES string of the molecule is CCNCc1cc(Cl)ccc1N(CC)CC(CC)CC. The molecule has 20 heavy (non-hydrogen) atoms. The molecular weight excluding hydrogens is 268 g/mol. The maximum absolute atomic E-state index is 6.16. The minimum Gasteiger partial charge on any atom is -0.371 e. The molecular formula is C17H29ClN2. The Balaban J connectivity index is 2.94. The number of benzene rings is 1. The fraction of sp³-hybridized carbons (Fsp3) is 0.647. The van der Waals surface area contributed by atoms with E-state index in [0.29, 0.717) is 0 Å². The van der Waals surface area contributed by atoms with Gasteiger partial charge in [0.1, 0.15) is 0 Å². The van der Waals surface area contributed by atoms with E-state index in [9.17, 15) is 0 Å². The molecule has 0 aliphatic heterocycles. The summed E-state index contributed by atoms with van der Waals surface area (Å²) in [6.45, 7) is 12.9. The molecule has 0 aliphatic carbocycles. The predicted octanol–water partition coefficient (Wildman–Crippen LogP) is 4.71. The predicted molar refractivity (Wildman–Crippen MR) is 90.8 cm³/mol. The minimum atomic E-state index is 0.762. The van der Waals surface area contributed by atoms with Gasteiger partial charge in [0.2, 0.25) is 0 Å². The molecule has 0 atom stereocenters. The van der Waals surface area contributed by atoms with Crippen molar-refractivity contribution < 1.29 is 0 Å². The summed E-state index contributed by atoms with van der Waals surface area (Å²) >= 11 is 6.16. The fourth-order valence-electron chi connectivity index (χ4n) is 2.52. The summed E-state index contributed by atoms with van der Waals surface area (Å²) in [5.74, 6) is 0.762. The summed E-state index contributed by atoms with van der Waals surface area (Å²) in [5.41, 5.74) is 2.62. The van der Waals surface area contributed by atoms with Crippen LogP contribution in [0.25, 0.3) is 0 Å². The Bertz CT molecular complexity index is 389. The van der Waals surface area contributed by atoms with Gasteiger partial charge >= 0.3 is 0 Å². The van der Waals surface area contributed by atoms with Gasteiger partial charge in [-0.25, -0.2) is 0 Å². The molecule has 114 valence electrons. The summed E-state index contributed by atoms with van der Waals surface area (Å²) in [6.07, 6.45) is 2.48. The Morgan fingerprint density at radius 2 is 1.85 bits per heavy atom. The average molecular weight is 297 g/mol. The van der Waals surface area contributed by atoms with Gasteiger partial charge in [0.05, 0.1) is 0 Å². The van der Waals surface area contributed by atoms with Crippen molar-refractivity contribution in [3.63, 3.8) is 0 Å². The van der Waals surface area contributed by atoms with Crippen molar-refractivity contribution >= 4 is 17.3 Å². The van der Waals surface area contributed by atoms with Crippen LogP contribution >= 0.6 is 11.6 Å². The third-order valence-corrected chi connectivity index (χ3v) is 4.20. The highest BCUT2D eigenvalue weighted by atomic mass is 35.5. The quantitative estimate of drug-likeness (QED) is 0.710. The molecule has 0 unspecified atom stereocenters. The van der Waals surface area contributed by atoms with E-state index in [2.05, 4.69) is 50.0 Å². The Hall–Kier alpha value is -0.730. The van der Waals surface area contributed by atoms with E-state index in [0.717, 1.165) is 37.1 Å². The Kier molecular flexibility index (Phi) is 8.01. The third kappa shape index (κ3) is 4.99. The summed E-state index contributed by atoms with van der Waals surface area (Å²) < 4.78 is 0. The van der Waals surface area contributed by atoms with Crippen LogP contribution in [0.3, 0.4) is 0 Å². The van der Waals surface area contributed by atoms with Crippen LogP contribution in [0.4, 0.5) is 5.69 Å². The summed E-state index contributed by atoms with van der Waals surface area (Å²) in [4.78, 5) is 2.49. The van der Waals surface area contributed by atoms with E-state index in [1.165, 1.54) is 24.1 Å². The molecule has 0 radical (unpaired) electrons. The van der Waals surface area contributed by atoms with E-state index in [-0.39, 0.29) is 0 Å². The first-order valence-corrected chi connectivity index (χ1v) is 8.27. The van der Waals surface area contributed by atoms with Gasteiger partial charge in [0.25, 0.3) is 0 Å². The number of nitrogens with zero attached hydrogens (tertiary/aromatic N) is 1. The first-order chi connectivity index (χ1) is 9.65. The number of hydrogen-bond donors (Lipinski definition) is 1. The van der Waals surface area contributed by atoms with Crippen LogP contribution in [0.5, 0.6) is 0 Å². The third-order valence-electron chi connectivity index (χ3n) is 3.96. The van der Waals surface area contributed by atoms with Gasteiger partial charge < -0.3 is 10.2 Å². The topological polar surface area (TPSA) is 15.3 Å². The zero-order valence-electron chi connectivity index (χ0n) is 13.4. The molecule has 0 aliphatic rings. The standard InChI is InChI=1S/C17H29ClN2/c1-5-14(6-2)13-20(8-4)17-10-9-16(18)11-15(17)12-19-7-3/h9-11,14,19H,5-8,12-13H2,1-4H3. The molecule has 0 saturated heterocycles. The summed E-state index contributed by atoms with van der Waals surface area (Å²) in [7, 11) is 0. The Morgan fingerprint density at radius 1 is 1.15 bits per heavy atom. The van der Waals surface area contributed by atoms with Gasteiger partial charge in [-0.2, -0.15) is 0 Å². The molecule has 0 heterocycles. The molecule has 0 fully saturated rings. The van der Waals surface area contributed by atoms with E-state index in [4.69, 9.17) is 11.6 Å². The highest BCUT2D eigenvalue weighted by Gasteiger charge is 2.14. The number of hydrogen-bond acceptors (Lipinski definition) is 2. The molecule has 0 saturated carbocycles. The van der Waals surface area contributed by atoms with E-state index < -0.39 is 0 Å². The lowest BCUT2D eigenvalue weighted by Crippen LogP contribution is -2.30. The number of nitrogens with one attached hydrogen (secondary N) is 1. The van der Waals surface area contributed by atoms with Crippen LogP contribution in [0.15, 0.2) is 18.2 Å². The second kappa shape index (κ2) is 9.25. The lowest BCUT2D eigenvalue weighted by Gasteiger charge is -2.29. The zero-order chi connectivity index (χ0) is 15.0. The number of halogens is 1. The second-order valence-corrected chi connectivity index (χ2v) is 5.71. The van der Waals surface area contributed by atoms with Gasteiger partial charge in [-0.1, -0.05) is 45.2 Å². The highest BCUT2D eigenvalue weighted by molar-refractivity contribution is 6.30. The molecule has 0 bridgehead atoms. The van der Waals surface area contributed by atoms with E-state index in [1.807, 2.05) is 6.07 Å². The molecule has 1 N–H and O–H groups in total. The zero-order valence-corrected chi connectivity index (χ0v) is 14.1. The second-order valence-electron chi connectivity index (χ2n) is 5.27. The molecule has 0 amide bonds. The molecule has 1 rings (SSSR count). The molecule has 1 aromatic carbocycles. The minimum absolute atomic E-state index is 0.762. The van der Waals surface area contributed by atoms with Crippen molar-refractivity contribution in [2.75, 3.05) is 24.5 Å². The molecule has 0 spiro atoms. The number of anilines is 1. The highest BCUT2D eigenvalue weighted by Crippen LogP contribution is 2.26. The van der Waals surface area contributed by atoms with Crippen molar-refractivity contribution in [3.05, 3.63) is 28.8 Å². The van der Waals surface area contributed by atoms with Crippen molar-refractivity contribution in [3.8, 4) is 0 Å². The van der Waals surface area contributed by atoms with Gasteiger partial charge in [-0.05, 0) is 43.1 Å². The van der Waals surface area contributed by atoms with Crippen molar-refractivity contribution in [2.24, 2.45) is 5.92 Å². The maximum atomic E-state index is 6.16. The first-order valence-electron chi connectivity index (χ1n) is 7.90. The molecule has 3 heteroatoms. The summed E-state index contributed by atoms with van der Waals surface area (Å²) in [6, 6.07) is 6.26. The van der Waals surface area contributed by atoms with Crippen LogP contribution < -0.4 is 10.2 Å². The van der Waals surface area contributed by atoms with E-state index >= 15 is 0 Å². The van der Waals surface area contributed by atoms with Gasteiger partial charge in [0.15, 0.2) is 0 Å². The van der Waals surface area contributed by atoms with Crippen molar-refractivity contribution in [1.82, 2.24) is 5.32 Å². The largest absolute Gasteiger partial charge is 0.371 e. The lowest BCUT2D eigenvalue weighted by atomic mass is 10.0. The lowest BCUT2D eigenvalue weighted by molar-refractivity contribution is 0.485. The monoisotopic (exact) mass is 296 g/mol. The molecule has 0 aromatic heterocycles. The first kappa shape index (κ1) is 17.3. The van der Waals surface area contributed by atoms with Crippen LogP contribution in [0, 0.1) is 5.92 Å². The van der Waals surface area contributed by atoms with Crippen LogP contribution in [-0.4, -0.2) is 19.6 Å². The average Bonchev–Trinajstić information content (AvgIpc) is 2.47. The van der Waals surface area contributed by atoms with Crippen LogP contribution in [0.2, 0.25) is 5.02 Å². The Morgan fingerprint density at radius 3 is 2.40 bits per heavy atom. The fourth-order valence-corrected chi connectivity index (χ4v) is 2.71. The Labute approximate surface area is 129 Å². The smallest absolute Gasteiger partial charge is 0.0412 e. The number of rotatable bonds is 9. The molecule has 1 aromatic rings. The van der Waals surface area contributed by atoms with E-state index in [1.54, 1.807) is 0 Å².